The minimum absolute atomic E-state index is 0.212. The summed E-state index contributed by atoms with van der Waals surface area (Å²) in [6, 6.07) is 16.8. The Morgan fingerprint density at radius 2 is 1.96 bits per heavy atom. The Morgan fingerprint density at radius 1 is 1.20 bits per heavy atom. The maximum Gasteiger partial charge on any atom is 0.239 e. The minimum atomic E-state index is -0.503. The maximum atomic E-state index is 11.7. The number of carbonyl (C=O) groups is 1. The summed E-state index contributed by atoms with van der Waals surface area (Å²) in [6.07, 6.45) is 2.39. The fraction of sp³-hybridized carbons (Fsp3) is 0.350. The molecule has 0 radical (unpaired) electrons. The van der Waals surface area contributed by atoms with Crippen molar-refractivity contribution in [3.63, 3.8) is 0 Å². The van der Waals surface area contributed by atoms with Crippen molar-refractivity contribution in [2.45, 2.75) is 31.5 Å². The van der Waals surface area contributed by atoms with E-state index in [-0.39, 0.29) is 12.0 Å². The van der Waals surface area contributed by atoms with Crippen LogP contribution in [0, 0.1) is 0 Å². The van der Waals surface area contributed by atoms with Gasteiger partial charge >= 0.3 is 0 Å². The fourth-order valence-electron chi connectivity index (χ4n) is 2.92. The lowest BCUT2D eigenvalue weighted by molar-refractivity contribution is -0.120. The Hall–Kier alpha value is -2.37. The molecule has 3 N–H and O–H groups in total. The van der Waals surface area contributed by atoms with Gasteiger partial charge in [-0.15, -0.1) is 0 Å². The lowest BCUT2D eigenvalue weighted by atomic mass is 10.1. The number of rotatable bonds is 8. The highest BCUT2D eigenvalue weighted by Crippen LogP contribution is 2.18. The molecule has 5 heteroatoms. The first-order valence-electron chi connectivity index (χ1n) is 8.63. The summed E-state index contributed by atoms with van der Waals surface area (Å²) < 4.78 is 11.3. The minimum Gasteiger partial charge on any atom is -0.491 e. The molecule has 1 aliphatic rings. The van der Waals surface area contributed by atoms with Crippen LogP contribution in [0.25, 0.3) is 0 Å². The number of ether oxygens (including phenoxy) is 2. The lowest BCUT2D eigenvalue weighted by Crippen LogP contribution is -2.33. The van der Waals surface area contributed by atoms with E-state index in [9.17, 15) is 4.79 Å². The highest BCUT2D eigenvalue weighted by molar-refractivity contribution is 5.81. The summed E-state index contributed by atoms with van der Waals surface area (Å²) in [5.41, 5.74) is 7.45. The van der Waals surface area contributed by atoms with Crippen LogP contribution in [0.4, 0.5) is 0 Å². The van der Waals surface area contributed by atoms with Crippen LogP contribution in [0.1, 0.15) is 30.0 Å². The second-order valence-corrected chi connectivity index (χ2v) is 6.22. The number of benzene rings is 2. The van der Waals surface area contributed by atoms with E-state index in [1.54, 1.807) is 0 Å². The monoisotopic (exact) mass is 340 g/mol. The number of primary amides is 1. The van der Waals surface area contributed by atoms with E-state index in [2.05, 4.69) is 5.32 Å². The molecule has 2 atom stereocenters. The molecule has 0 saturated carbocycles. The van der Waals surface area contributed by atoms with Crippen molar-refractivity contribution < 1.29 is 14.3 Å². The Bertz CT molecular complexity index is 667. The molecule has 0 aromatic heterocycles. The molecule has 1 heterocycles. The summed E-state index contributed by atoms with van der Waals surface area (Å²) in [7, 11) is 0. The van der Waals surface area contributed by atoms with Gasteiger partial charge in [-0.25, -0.2) is 0 Å². The highest BCUT2D eigenvalue weighted by Gasteiger charge is 2.17. The van der Waals surface area contributed by atoms with Crippen LogP contribution in [0.15, 0.2) is 54.6 Å². The Morgan fingerprint density at radius 3 is 2.60 bits per heavy atom. The van der Waals surface area contributed by atoms with Crippen molar-refractivity contribution in [3.05, 3.63) is 65.7 Å². The first kappa shape index (κ1) is 17.5. The Kier molecular flexibility index (Phi) is 6.04. The molecule has 0 unspecified atom stereocenters. The van der Waals surface area contributed by atoms with Gasteiger partial charge in [-0.1, -0.05) is 42.5 Å². The van der Waals surface area contributed by atoms with E-state index < -0.39 is 6.04 Å². The van der Waals surface area contributed by atoms with Gasteiger partial charge in [0.15, 0.2) is 0 Å². The molecule has 1 amide bonds. The van der Waals surface area contributed by atoms with Crippen molar-refractivity contribution in [2.75, 3.05) is 13.2 Å². The zero-order valence-corrected chi connectivity index (χ0v) is 14.2. The molecular formula is C20H24N2O3. The van der Waals surface area contributed by atoms with Crippen LogP contribution < -0.4 is 15.8 Å². The molecular weight excluding hydrogens is 316 g/mol. The molecule has 1 aliphatic heterocycles. The zero-order chi connectivity index (χ0) is 17.5. The first-order chi connectivity index (χ1) is 12.2. The van der Waals surface area contributed by atoms with Gasteiger partial charge in [-0.05, 0) is 36.1 Å². The van der Waals surface area contributed by atoms with Crippen LogP contribution in [-0.4, -0.2) is 25.2 Å². The van der Waals surface area contributed by atoms with E-state index >= 15 is 0 Å². The Labute approximate surface area is 148 Å². The number of hydrogen-bond acceptors (Lipinski definition) is 4. The van der Waals surface area contributed by atoms with Gasteiger partial charge < -0.3 is 15.2 Å². The third kappa shape index (κ3) is 5.05. The second-order valence-electron chi connectivity index (χ2n) is 6.22. The van der Waals surface area contributed by atoms with E-state index in [0.29, 0.717) is 13.2 Å². The summed E-state index contributed by atoms with van der Waals surface area (Å²) in [5.74, 6) is 0.441. The van der Waals surface area contributed by atoms with Crippen molar-refractivity contribution in [2.24, 2.45) is 5.73 Å². The number of nitrogens with one attached hydrogen (secondary N) is 1. The predicted molar refractivity (Wildman–Crippen MR) is 96.1 cm³/mol. The fourth-order valence-corrected chi connectivity index (χ4v) is 2.92. The van der Waals surface area contributed by atoms with Gasteiger partial charge in [0, 0.05) is 13.2 Å². The van der Waals surface area contributed by atoms with E-state index in [0.717, 1.165) is 36.3 Å². The van der Waals surface area contributed by atoms with Crippen molar-refractivity contribution >= 4 is 5.91 Å². The molecule has 2 aromatic carbocycles. The van der Waals surface area contributed by atoms with Gasteiger partial charge in [0.2, 0.25) is 5.91 Å². The van der Waals surface area contributed by atoms with Crippen molar-refractivity contribution in [1.82, 2.24) is 5.32 Å². The largest absolute Gasteiger partial charge is 0.491 e. The van der Waals surface area contributed by atoms with E-state index in [1.165, 1.54) is 0 Å². The normalized spacial score (nSPS) is 18.0. The third-order valence-electron chi connectivity index (χ3n) is 4.31. The molecule has 5 nitrogen and oxygen atoms in total. The number of nitrogens with two attached hydrogens (primary N) is 1. The van der Waals surface area contributed by atoms with Gasteiger partial charge in [0.05, 0.1) is 6.10 Å². The standard InChI is InChI=1S/C20H24N2O3/c21-20(23)19(16-5-2-1-3-6-16)22-13-15-8-10-17(11-9-15)25-14-18-7-4-12-24-18/h1-3,5-6,8-11,18-19,22H,4,7,12-14H2,(H2,21,23)/t18-,19-/m1/s1. The average Bonchev–Trinajstić information content (AvgIpc) is 3.15. The third-order valence-corrected chi connectivity index (χ3v) is 4.31. The number of hydrogen-bond donors (Lipinski definition) is 2. The molecule has 0 bridgehead atoms. The predicted octanol–water partition coefficient (Wildman–Crippen LogP) is 2.56. The van der Waals surface area contributed by atoms with Crippen LogP contribution in [0.5, 0.6) is 5.75 Å². The molecule has 3 rings (SSSR count). The molecule has 1 fully saturated rings. The molecule has 2 aromatic rings. The lowest BCUT2D eigenvalue weighted by Gasteiger charge is -2.16. The van der Waals surface area contributed by atoms with Crippen LogP contribution >= 0.6 is 0 Å². The second kappa shape index (κ2) is 8.65. The summed E-state index contributed by atoms with van der Waals surface area (Å²) >= 11 is 0. The van der Waals surface area contributed by atoms with Gasteiger partial charge in [0.25, 0.3) is 0 Å². The van der Waals surface area contributed by atoms with Crippen LogP contribution in [0.3, 0.4) is 0 Å². The number of carbonyl (C=O) groups excluding carboxylic acids is 1. The first-order valence-corrected chi connectivity index (χ1v) is 8.63. The number of amides is 1. The van der Waals surface area contributed by atoms with E-state index in [1.807, 2.05) is 54.6 Å². The maximum absolute atomic E-state index is 11.7. The highest BCUT2D eigenvalue weighted by atomic mass is 16.5. The molecule has 1 saturated heterocycles. The zero-order valence-electron chi connectivity index (χ0n) is 14.2. The van der Waals surface area contributed by atoms with Gasteiger partial charge in [0.1, 0.15) is 18.4 Å². The van der Waals surface area contributed by atoms with Gasteiger partial charge in [-0.2, -0.15) is 0 Å². The quantitative estimate of drug-likeness (QED) is 0.774. The molecule has 0 spiro atoms. The Balaban J connectivity index is 1.52. The topological polar surface area (TPSA) is 73.6 Å². The van der Waals surface area contributed by atoms with Crippen LogP contribution in [0.2, 0.25) is 0 Å². The molecule has 0 aliphatic carbocycles. The summed E-state index contributed by atoms with van der Waals surface area (Å²) in [6.45, 7) is 1.98. The SMILES string of the molecule is NC(=O)[C@H](NCc1ccc(OC[C@H]2CCCO2)cc1)c1ccccc1. The smallest absolute Gasteiger partial charge is 0.239 e. The van der Waals surface area contributed by atoms with E-state index in [4.69, 9.17) is 15.2 Å². The molecule has 25 heavy (non-hydrogen) atoms. The average molecular weight is 340 g/mol. The van der Waals surface area contributed by atoms with Crippen molar-refractivity contribution in [1.29, 1.82) is 0 Å². The van der Waals surface area contributed by atoms with Gasteiger partial charge in [-0.3, -0.25) is 10.1 Å². The summed E-state index contributed by atoms with van der Waals surface area (Å²) in [5, 5.41) is 3.21. The van der Waals surface area contributed by atoms with Crippen molar-refractivity contribution in [3.8, 4) is 5.75 Å². The summed E-state index contributed by atoms with van der Waals surface area (Å²) in [4.78, 5) is 11.7. The molecule has 132 valence electrons. The van der Waals surface area contributed by atoms with Crippen LogP contribution in [-0.2, 0) is 16.1 Å².